The number of nitro benzene ring substituents is 1. The second-order valence-corrected chi connectivity index (χ2v) is 4.89. The first-order valence-corrected chi connectivity index (χ1v) is 6.53. The average Bonchev–Trinajstić information content (AvgIpc) is 2.86. The molecule has 20 heavy (non-hydrogen) atoms. The van der Waals surface area contributed by atoms with Crippen LogP contribution in [0.15, 0.2) is 24.3 Å². The van der Waals surface area contributed by atoms with E-state index in [9.17, 15) is 20.0 Å². The van der Waals surface area contributed by atoms with E-state index >= 15 is 0 Å². The minimum absolute atomic E-state index is 0.0429. The number of amides is 2. The Morgan fingerprint density at radius 1 is 1.45 bits per heavy atom. The molecule has 1 saturated carbocycles. The number of hydrogen-bond acceptors (Lipinski definition) is 4. The van der Waals surface area contributed by atoms with Crippen LogP contribution >= 0.6 is 0 Å². The lowest BCUT2D eigenvalue weighted by Gasteiger charge is -2.19. The van der Waals surface area contributed by atoms with Gasteiger partial charge in [-0.05, 0) is 18.9 Å². The summed E-state index contributed by atoms with van der Waals surface area (Å²) < 4.78 is 0. The number of nitrogens with zero attached hydrogens (tertiary/aromatic N) is 1. The summed E-state index contributed by atoms with van der Waals surface area (Å²) in [6, 6.07) is 5.32. The molecule has 1 aliphatic carbocycles. The second-order valence-electron chi connectivity index (χ2n) is 4.89. The van der Waals surface area contributed by atoms with Gasteiger partial charge in [0.2, 0.25) is 0 Å². The lowest BCUT2D eigenvalue weighted by molar-refractivity contribution is -0.384. The molecule has 0 aromatic heterocycles. The Kier molecular flexibility index (Phi) is 4.52. The van der Waals surface area contributed by atoms with E-state index < -0.39 is 11.0 Å². The lowest BCUT2D eigenvalue weighted by Crippen LogP contribution is -2.41. The number of rotatable bonds is 4. The largest absolute Gasteiger partial charge is 0.396 e. The molecule has 0 heterocycles. The van der Waals surface area contributed by atoms with Crippen LogP contribution in [0.4, 0.5) is 16.2 Å². The van der Waals surface area contributed by atoms with Crippen LogP contribution < -0.4 is 10.6 Å². The van der Waals surface area contributed by atoms with Gasteiger partial charge in [0.1, 0.15) is 0 Å². The topological polar surface area (TPSA) is 104 Å². The number of aliphatic hydroxyl groups is 1. The Balaban J connectivity index is 1.94. The molecule has 2 amide bonds. The van der Waals surface area contributed by atoms with Gasteiger partial charge < -0.3 is 15.7 Å². The normalized spacial score (nSPS) is 21.4. The van der Waals surface area contributed by atoms with Crippen molar-refractivity contribution in [1.82, 2.24) is 5.32 Å². The fourth-order valence-electron chi connectivity index (χ4n) is 2.48. The predicted octanol–water partition coefficient (Wildman–Crippen LogP) is 1.88. The summed E-state index contributed by atoms with van der Waals surface area (Å²) in [5.41, 5.74) is 0.298. The number of carbonyl (C=O) groups excluding carboxylic acids is 1. The van der Waals surface area contributed by atoms with Crippen LogP contribution in [0.25, 0.3) is 0 Å². The highest BCUT2D eigenvalue weighted by atomic mass is 16.6. The van der Waals surface area contributed by atoms with E-state index in [1.165, 1.54) is 18.2 Å². The van der Waals surface area contributed by atoms with Gasteiger partial charge in [0.05, 0.1) is 4.92 Å². The molecule has 1 aliphatic rings. The molecule has 0 saturated heterocycles. The molecule has 0 bridgehead atoms. The van der Waals surface area contributed by atoms with Crippen LogP contribution in [-0.4, -0.2) is 28.7 Å². The zero-order valence-corrected chi connectivity index (χ0v) is 10.9. The third-order valence-corrected chi connectivity index (χ3v) is 3.52. The van der Waals surface area contributed by atoms with Gasteiger partial charge in [-0.25, -0.2) is 4.79 Å². The summed E-state index contributed by atoms with van der Waals surface area (Å²) in [4.78, 5) is 22.0. The third kappa shape index (κ3) is 3.45. The summed E-state index contributed by atoms with van der Waals surface area (Å²) in [5, 5.41) is 25.2. The molecule has 1 aromatic rings. The number of carbonyl (C=O) groups is 1. The average molecular weight is 279 g/mol. The van der Waals surface area contributed by atoms with Gasteiger partial charge >= 0.3 is 6.03 Å². The van der Waals surface area contributed by atoms with Gasteiger partial charge in [-0.3, -0.25) is 10.1 Å². The molecule has 1 aromatic carbocycles. The monoisotopic (exact) mass is 279 g/mol. The van der Waals surface area contributed by atoms with E-state index in [1.807, 2.05) is 0 Å². The maximum absolute atomic E-state index is 11.8. The molecule has 1 fully saturated rings. The molecule has 0 spiro atoms. The summed E-state index contributed by atoms with van der Waals surface area (Å²) in [6.45, 7) is 0.0573. The molecular formula is C13H17N3O4. The molecule has 2 atom stereocenters. The first kappa shape index (κ1) is 14.3. The van der Waals surface area contributed by atoms with Crippen molar-refractivity contribution >= 4 is 17.4 Å². The highest BCUT2D eigenvalue weighted by molar-refractivity contribution is 5.89. The standard InChI is InChI=1S/C13H17N3O4/c17-8-9-3-1-6-12(9)15-13(18)14-10-4-2-5-11(7-10)16(19)20/h2,4-5,7,9,12,17H,1,3,6,8H2,(H2,14,15,18). The molecule has 2 rings (SSSR count). The molecule has 108 valence electrons. The van der Waals surface area contributed by atoms with E-state index in [0.717, 1.165) is 19.3 Å². The molecule has 0 aliphatic heterocycles. The van der Waals surface area contributed by atoms with Crippen molar-refractivity contribution in [3.05, 3.63) is 34.4 Å². The zero-order chi connectivity index (χ0) is 14.5. The minimum Gasteiger partial charge on any atom is -0.396 e. The van der Waals surface area contributed by atoms with Crippen molar-refractivity contribution in [3.8, 4) is 0 Å². The van der Waals surface area contributed by atoms with Gasteiger partial charge in [0, 0.05) is 36.4 Å². The number of nitro groups is 1. The Morgan fingerprint density at radius 2 is 2.25 bits per heavy atom. The SMILES string of the molecule is O=C(Nc1cccc([N+](=O)[O-])c1)NC1CCCC1CO. The predicted molar refractivity (Wildman–Crippen MR) is 73.5 cm³/mol. The number of hydrogen-bond donors (Lipinski definition) is 3. The molecule has 7 nitrogen and oxygen atoms in total. The van der Waals surface area contributed by atoms with Gasteiger partial charge in [-0.15, -0.1) is 0 Å². The second kappa shape index (κ2) is 6.33. The van der Waals surface area contributed by atoms with Crippen molar-refractivity contribution in [2.45, 2.75) is 25.3 Å². The van der Waals surface area contributed by atoms with Crippen molar-refractivity contribution in [1.29, 1.82) is 0 Å². The number of anilines is 1. The number of aliphatic hydroxyl groups excluding tert-OH is 1. The highest BCUT2D eigenvalue weighted by Crippen LogP contribution is 2.25. The van der Waals surface area contributed by atoms with Gasteiger partial charge in [0.25, 0.3) is 5.69 Å². The van der Waals surface area contributed by atoms with E-state index in [-0.39, 0.29) is 24.3 Å². The maximum atomic E-state index is 11.8. The van der Waals surface area contributed by atoms with Crippen molar-refractivity contribution in [2.24, 2.45) is 5.92 Å². The van der Waals surface area contributed by atoms with E-state index in [2.05, 4.69) is 10.6 Å². The van der Waals surface area contributed by atoms with Crippen molar-refractivity contribution < 1.29 is 14.8 Å². The van der Waals surface area contributed by atoms with Crippen LogP contribution in [0.1, 0.15) is 19.3 Å². The van der Waals surface area contributed by atoms with E-state index in [1.54, 1.807) is 6.07 Å². The summed E-state index contributed by atoms with van der Waals surface area (Å²) in [7, 11) is 0. The summed E-state index contributed by atoms with van der Waals surface area (Å²) >= 11 is 0. The number of non-ortho nitro benzene ring substituents is 1. The van der Waals surface area contributed by atoms with Crippen LogP contribution in [0, 0.1) is 16.0 Å². The minimum atomic E-state index is -0.512. The zero-order valence-electron chi connectivity index (χ0n) is 10.9. The maximum Gasteiger partial charge on any atom is 0.319 e. The first-order chi connectivity index (χ1) is 9.60. The Labute approximate surface area is 116 Å². The van der Waals surface area contributed by atoms with Gasteiger partial charge in [-0.1, -0.05) is 12.5 Å². The smallest absolute Gasteiger partial charge is 0.319 e. The number of benzene rings is 1. The van der Waals surface area contributed by atoms with Crippen LogP contribution in [0.2, 0.25) is 0 Å². The van der Waals surface area contributed by atoms with Crippen LogP contribution in [0.3, 0.4) is 0 Å². The van der Waals surface area contributed by atoms with Crippen molar-refractivity contribution in [2.75, 3.05) is 11.9 Å². The molecule has 7 heteroatoms. The number of urea groups is 1. The Bertz CT molecular complexity index is 506. The van der Waals surface area contributed by atoms with Gasteiger partial charge in [-0.2, -0.15) is 0 Å². The first-order valence-electron chi connectivity index (χ1n) is 6.53. The summed E-state index contributed by atoms with van der Waals surface area (Å²) in [5.74, 6) is 0.0888. The molecular weight excluding hydrogens is 262 g/mol. The molecule has 3 N–H and O–H groups in total. The highest BCUT2D eigenvalue weighted by Gasteiger charge is 2.27. The van der Waals surface area contributed by atoms with Crippen molar-refractivity contribution in [3.63, 3.8) is 0 Å². The van der Waals surface area contributed by atoms with E-state index in [0.29, 0.717) is 5.69 Å². The van der Waals surface area contributed by atoms with Crippen LogP contribution in [0.5, 0.6) is 0 Å². The van der Waals surface area contributed by atoms with E-state index in [4.69, 9.17) is 0 Å². The number of nitrogens with one attached hydrogen (secondary N) is 2. The molecule has 2 unspecified atom stereocenters. The Hall–Kier alpha value is -2.15. The summed E-state index contributed by atoms with van der Waals surface area (Å²) in [6.07, 6.45) is 2.72. The quantitative estimate of drug-likeness (QED) is 0.578. The lowest BCUT2D eigenvalue weighted by atomic mass is 10.1. The fourth-order valence-corrected chi connectivity index (χ4v) is 2.48. The third-order valence-electron chi connectivity index (χ3n) is 3.52. The van der Waals surface area contributed by atoms with Crippen LogP contribution in [-0.2, 0) is 0 Å². The van der Waals surface area contributed by atoms with Gasteiger partial charge in [0.15, 0.2) is 0 Å². The fraction of sp³-hybridized carbons (Fsp3) is 0.462. The molecule has 0 radical (unpaired) electrons. The Morgan fingerprint density at radius 3 is 2.95 bits per heavy atom.